The van der Waals surface area contributed by atoms with E-state index >= 15 is 0 Å². The molecule has 1 heterocycles. The summed E-state index contributed by atoms with van der Waals surface area (Å²) in [7, 11) is 0. The minimum Gasteiger partial charge on any atom is -0.339 e. The van der Waals surface area contributed by atoms with Gasteiger partial charge in [-0.25, -0.2) is 0 Å². The molecule has 0 aromatic rings. The molecule has 1 aliphatic rings. The second-order valence-electron chi connectivity index (χ2n) is 2.55. The number of carbonyl (C=O) groups is 1. The van der Waals surface area contributed by atoms with Gasteiger partial charge >= 0.3 is 0 Å². The number of hydrogen-bond acceptors (Lipinski definition) is 2. The SMILES string of the molecule is C=CCC(=O)N1CC(N)C1. The van der Waals surface area contributed by atoms with E-state index in [2.05, 4.69) is 6.58 Å². The fraction of sp³-hybridized carbons (Fsp3) is 0.571. The molecule has 1 saturated heterocycles. The largest absolute Gasteiger partial charge is 0.339 e. The molecule has 1 aliphatic heterocycles. The molecule has 1 fully saturated rings. The Morgan fingerprint density at radius 3 is 2.80 bits per heavy atom. The van der Waals surface area contributed by atoms with Gasteiger partial charge in [0.05, 0.1) is 0 Å². The maximum atomic E-state index is 11.0. The summed E-state index contributed by atoms with van der Waals surface area (Å²) in [5, 5.41) is 0. The van der Waals surface area contributed by atoms with Gasteiger partial charge in [-0.2, -0.15) is 0 Å². The number of likely N-dealkylation sites (tertiary alicyclic amines) is 1. The molecule has 0 saturated carbocycles. The van der Waals surface area contributed by atoms with Crippen LogP contribution in [0.1, 0.15) is 6.42 Å². The third-order valence-corrected chi connectivity index (χ3v) is 1.58. The Labute approximate surface area is 60.5 Å². The predicted molar refractivity (Wildman–Crippen MR) is 39.4 cm³/mol. The van der Waals surface area contributed by atoms with Crippen molar-refractivity contribution in [2.75, 3.05) is 13.1 Å². The van der Waals surface area contributed by atoms with Crippen LogP contribution >= 0.6 is 0 Å². The van der Waals surface area contributed by atoms with E-state index in [1.54, 1.807) is 11.0 Å². The van der Waals surface area contributed by atoms with Crippen molar-refractivity contribution >= 4 is 5.91 Å². The maximum Gasteiger partial charge on any atom is 0.226 e. The van der Waals surface area contributed by atoms with E-state index in [4.69, 9.17) is 5.73 Å². The first-order valence-electron chi connectivity index (χ1n) is 3.38. The van der Waals surface area contributed by atoms with Gasteiger partial charge in [0.15, 0.2) is 0 Å². The van der Waals surface area contributed by atoms with Gasteiger partial charge in [0.1, 0.15) is 0 Å². The zero-order chi connectivity index (χ0) is 7.56. The van der Waals surface area contributed by atoms with Crippen LogP contribution in [0.15, 0.2) is 12.7 Å². The van der Waals surface area contributed by atoms with Crippen LogP contribution < -0.4 is 5.73 Å². The van der Waals surface area contributed by atoms with Crippen molar-refractivity contribution in [1.82, 2.24) is 4.90 Å². The summed E-state index contributed by atoms with van der Waals surface area (Å²) in [6, 6.07) is 0.203. The highest BCUT2D eigenvalue weighted by molar-refractivity contribution is 5.78. The molecule has 2 N–H and O–H groups in total. The molecule has 56 valence electrons. The van der Waals surface area contributed by atoms with Crippen molar-refractivity contribution in [3.8, 4) is 0 Å². The van der Waals surface area contributed by atoms with Crippen LogP contribution in [0, 0.1) is 0 Å². The van der Waals surface area contributed by atoms with Crippen LogP contribution in [0.4, 0.5) is 0 Å². The summed E-state index contributed by atoms with van der Waals surface area (Å²) in [5.74, 6) is 0.136. The maximum absolute atomic E-state index is 11.0. The van der Waals surface area contributed by atoms with E-state index in [1.807, 2.05) is 0 Å². The second kappa shape index (κ2) is 2.84. The highest BCUT2D eigenvalue weighted by Crippen LogP contribution is 2.06. The van der Waals surface area contributed by atoms with Crippen LogP contribution in [0.3, 0.4) is 0 Å². The Bertz CT molecular complexity index is 150. The first-order chi connectivity index (χ1) is 4.74. The van der Waals surface area contributed by atoms with Gasteiger partial charge in [-0.05, 0) is 0 Å². The average Bonchev–Trinajstić information content (AvgIpc) is 1.82. The molecule has 10 heavy (non-hydrogen) atoms. The molecule has 1 amide bonds. The number of rotatable bonds is 2. The van der Waals surface area contributed by atoms with Crippen molar-refractivity contribution in [2.45, 2.75) is 12.5 Å². The lowest BCUT2D eigenvalue weighted by Gasteiger charge is -2.36. The molecule has 1 rings (SSSR count). The first kappa shape index (κ1) is 7.28. The van der Waals surface area contributed by atoms with Crippen LogP contribution in [0.25, 0.3) is 0 Å². The summed E-state index contributed by atoms with van der Waals surface area (Å²) in [6.45, 7) is 4.91. The van der Waals surface area contributed by atoms with Crippen molar-refractivity contribution < 1.29 is 4.79 Å². The number of nitrogens with two attached hydrogens (primary N) is 1. The topological polar surface area (TPSA) is 46.3 Å². The third kappa shape index (κ3) is 1.36. The van der Waals surface area contributed by atoms with Crippen molar-refractivity contribution in [3.05, 3.63) is 12.7 Å². The van der Waals surface area contributed by atoms with E-state index in [0.29, 0.717) is 19.5 Å². The highest BCUT2D eigenvalue weighted by atomic mass is 16.2. The molecule has 0 unspecified atom stereocenters. The fourth-order valence-corrected chi connectivity index (χ4v) is 0.969. The summed E-state index contributed by atoms with van der Waals surface area (Å²) in [6.07, 6.45) is 2.05. The molecule has 0 radical (unpaired) electrons. The molecule has 0 bridgehead atoms. The summed E-state index contributed by atoms with van der Waals surface area (Å²) in [4.78, 5) is 12.7. The summed E-state index contributed by atoms with van der Waals surface area (Å²) >= 11 is 0. The molecule has 0 spiro atoms. The van der Waals surface area contributed by atoms with E-state index in [-0.39, 0.29) is 11.9 Å². The Hall–Kier alpha value is -0.830. The quantitative estimate of drug-likeness (QED) is 0.537. The van der Waals surface area contributed by atoms with Crippen molar-refractivity contribution in [2.24, 2.45) is 5.73 Å². The standard InChI is InChI=1S/C7H12N2O/c1-2-3-7(10)9-4-6(8)5-9/h2,6H,1,3-5,8H2. The van der Waals surface area contributed by atoms with E-state index in [0.717, 1.165) is 0 Å². The van der Waals surface area contributed by atoms with Crippen molar-refractivity contribution in [1.29, 1.82) is 0 Å². The van der Waals surface area contributed by atoms with Crippen LogP contribution in [-0.2, 0) is 4.79 Å². The number of carbonyl (C=O) groups excluding carboxylic acids is 1. The molecule has 0 atom stereocenters. The van der Waals surface area contributed by atoms with E-state index < -0.39 is 0 Å². The molecular formula is C7H12N2O. The summed E-state index contributed by atoms with van der Waals surface area (Å²) < 4.78 is 0. The molecular weight excluding hydrogens is 128 g/mol. The van der Waals surface area contributed by atoms with E-state index in [9.17, 15) is 4.79 Å². The number of amides is 1. The zero-order valence-electron chi connectivity index (χ0n) is 5.92. The first-order valence-corrected chi connectivity index (χ1v) is 3.38. The average molecular weight is 140 g/mol. The van der Waals surface area contributed by atoms with Crippen LogP contribution in [0.2, 0.25) is 0 Å². The minimum atomic E-state index is 0.136. The van der Waals surface area contributed by atoms with Crippen LogP contribution in [0.5, 0.6) is 0 Å². The second-order valence-corrected chi connectivity index (χ2v) is 2.55. The number of nitrogens with zero attached hydrogens (tertiary/aromatic N) is 1. The Morgan fingerprint density at radius 2 is 2.40 bits per heavy atom. The molecule has 0 aliphatic carbocycles. The predicted octanol–water partition coefficient (Wildman–Crippen LogP) is -0.268. The normalized spacial score (nSPS) is 18.3. The lowest BCUT2D eigenvalue weighted by Crippen LogP contribution is -2.57. The highest BCUT2D eigenvalue weighted by Gasteiger charge is 2.26. The fourth-order valence-electron chi connectivity index (χ4n) is 0.969. The lowest BCUT2D eigenvalue weighted by molar-refractivity contribution is -0.134. The van der Waals surface area contributed by atoms with E-state index in [1.165, 1.54) is 0 Å². The molecule has 3 nitrogen and oxygen atoms in total. The van der Waals surface area contributed by atoms with Gasteiger partial charge in [0, 0.05) is 25.6 Å². The minimum absolute atomic E-state index is 0.136. The van der Waals surface area contributed by atoms with Gasteiger partial charge < -0.3 is 10.6 Å². The summed E-state index contributed by atoms with van der Waals surface area (Å²) in [5.41, 5.74) is 5.48. The molecule has 0 aromatic carbocycles. The van der Waals surface area contributed by atoms with Crippen molar-refractivity contribution in [3.63, 3.8) is 0 Å². The van der Waals surface area contributed by atoms with Gasteiger partial charge in [0.25, 0.3) is 0 Å². The smallest absolute Gasteiger partial charge is 0.226 e. The molecule has 0 aromatic heterocycles. The van der Waals surface area contributed by atoms with Crippen LogP contribution in [-0.4, -0.2) is 29.9 Å². The Balaban J connectivity index is 2.24. The zero-order valence-corrected chi connectivity index (χ0v) is 5.92. The molecule has 3 heteroatoms. The Kier molecular flexibility index (Phi) is 2.06. The lowest BCUT2D eigenvalue weighted by atomic mass is 10.1. The number of hydrogen-bond donors (Lipinski definition) is 1. The third-order valence-electron chi connectivity index (χ3n) is 1.58. The Morgan fingerprint density at radius 1 is 1.80 bits per heavy atom. The van der Waals surface area contributed by atoms with Gasteiger partial charge in [0.2, 0.25) is 5.91 Å². The van der Waals surface area contributed by atoms with Gasteiger partial charge in [-0.15, -0.1) is 6.58 Å². The van der Waals surface area contributed by atoms with Gasteiger partial charge in [-0.3, -0.25) is 4.79 Å². The van der Waals surface area contributed by atoms with Gasteiger partial charge in [-0.1, -0.05) is 6.08 Å². The monoisotopic (exact) mass is 140 g/mol.